The number of azide groups is 1. The lowest BCUT2D eigenvalue weighted by Gasteiger charge is -2.38. The molecule has 0 aliphatic carbocycles. The van der Waals surface area contributed by atoms with Gasteiger partial charge in [0, 0.05) is 54.9 Å². The van der Waals surface area contributed by atoms with Crippen LogP contribution in [0.2, 0.25) is 0 Å². The van der Waals surface area contributed by atoms with E-state index in [0.717, 1.165) is 31.9 Å². The molecular formula is C26H37N7O4. The molecule has 3 fully saturated rings. The predicted octanol–water partition coefficient (Wildman–Crippen LogP) is 2.22. The van der Waals surface area contributed by atoms with Crippen molar-refractivity contribution in [3.8, 4) is 0 Å². The molecule has 0 unspecified atom stereocenters. The molecule has 1 aromatic carbocycles. The van der Waals surface area contributed by atoms with Crippen LogP contribution in [0.3, 0.4) is 0 Å². The van der Waals surface area contributed by atoms with Crippen molar-refractivity contribution in [2.45, 2.75) is 64.4 Å². The van der Waals surface area contributed by atoms with Crippen LogP contribution in [0, 0.1) is 5.92 Å². The number of amides is 2. The first-order chi connectivity index (χ1) is 17.7. The normalized spacial score (nSPS) is 24.8. The van der Waals surface area contributed by atoms with E-state index >= 15 is 0 Å². The maximum absolute atomic E-state index is 13.6. The number of carbonyl (C=O) groups is 3. The zero-order valence-corrected chi connectivity index (χ0v) is 22.0. The first-order valence-corrected chi connectivity index (χ1v) is 13.1. The third-order valence-corrected chi connectivity index (χ3v) is 7.49. The maximum Gasteiger partial charge on any atom is 0.251 e. The van der Waals surface area contributed by atoms with Gasteiger partial charge in [0.15, 0.2) is 5.78 Å². The molecule has 0 aromatic heterocycles. The first-order valence-electron chi connectivity index (χ1n) is 13.1. The van der Waals surface area contributed by atoms with Gasteiger partial charge in [0.2, 0.25) is 5.91 Å². The number of hydrogen-bond donors (Lipinski definition) is 1. The van der Waals surface area contributed by atoms with Crippen LogP contribution >= 0.6 is 0 Å². The van der Waals surface area contributed by atoms with Crippen LogP contribution in [0.4, 0.5) is 5.69 Å². The van der Waals surface area contributed by atoms with E-state index in [4.69, 9.17) is 10.3 Å². The van der Waals surface area contributed by atoms with E-state index in [1.165, 1.54) is 4.90 Å². The molecule has 37 heavy (non-hydrogen) atoms. The Balaban J connectivity index is 1.44. The lowest BCUT2D eigenvalue weighted by atomic mass is 10.0. The summed E-state index contributed by atoms with van der Waals surface area (Å²) in [5, 5.41) is 6.63. The summed E-state index contributed by atoms with van der Waals surface area (Å²) < 4.78 is 5.52. The highest BCUT2D eigenvalue weighted by Gasteiger charge is 2.53. The Labute approximate surface area is 217 Å². The predicted molar refractivity (Wildman–Crippen MR) is 139 cm³/mol. The molecule has 0 saturated carbocycles. The lowest BCUT2D eigenvalue weighted by Crippen LogP contribution is -2.52. The minimum Gasteiger partial charge on any atom is -0.369 e. The molecule has 3 aliphatic rings. The number of rotatable bonds is 8. The third kappa shape index (κ3) is 5.89. The molecule has 1 aromatic rings. The number of benzene rings is 1. The zero-order valence-electron chi connectivity index (χ0n) is 22.0. The van der Waals surface area contributed by atoms with Crippen molar-refractivity contribution >= 4 is 23.3 Å². The molecule has 3 saturated heterocycles. The number of nitrogens with zero attached hydrogens (tertiary/aromatic N) is 6. The summed E-state index contributed by atoms with van der Waals surface area (Å²) in [5.41, 5.74) is 10.4. The molecule has 11 heteroatoms. The number of ketones is 1. The smallest absolute Gasteiger partial charge is 0.251 e. The second-order valence-electron chi connectivity index (χ2n) is 10.8. The number of likely N-dealkylation sites (tertiary alicyclic amines) is 1. The van der Waals surface area contributed by atoms with E-state index in [1.54, 1.807) is 12.1 Å². The average molecular weight is 512 g/mol. The second-order valence-corrected chi connectivity index (χ2v) is 10.8. The fraction of sp³-hybridized carbons (Fsp3) is 0.654. The summed E-state index contributed by atoms with van der Waals surface area (Å²) in [5.74, 6) is -0.783. The van der Waals surface area contributed by atoms with E-state index in [0.29, 0.717) is 18.0 Å². The number of Topliss-reactive ketones (excluding diaryl/α,β-unsaturated/α-hetero) is 1. The molecule has 2 amide bonds. The van der Waals surface area contributed by atoms with Crippen molar-refractivity contribution in [1.29, 1.82) is 0 Å². The summed E-state index contributed by atoms with van der Waals surface area (Å²) in [6.07, 6.45) is -0.226. The molecular weight excluding hydrogens is 474 g/mol. The van der Waals surface area contributed by atoms with E-state index < -0.39 is 24.2 Å². The molecule has 11 nitrogen and oxygen atoms in total. The van der Waals surface area contributed by atoms with Gasteiger partial charge < -0.3 is 19.9 Å². The lowest BCUT2D eigenvalue weighted by molar-refractivity contribution is -0.138. The Morgan fingerprint density at radius 3 is 2.41 bits per heavy atom. The average Bonchev–Trinajstić information content (AvgIpc) is 3.44. The standard InChI is InChI=1S/C26H37N7O4/c1-16(2)13-20(26(36)33-14-21(29-30-27)24-23(33)22(34)15-37-24)28-25(35)18-5-7-19(8-6-18)32-11-9-31(10-12-32)17(3)4/h5-8,16-17,20-21,23-24H,9-15H2,1-4H3,(H,28,35)/t20-,21+,23+,24+/m0/s1. The zero-order chi connectivity index (χ0) is 26.7. The summed E-state index contributed by atoms with van der Waals surface area (Å²) in [4.78, 5) is 48.3. The number of hydrogen-bond acceptors (Lipinski definition) is 7. The Kier molecular flexibility index (Phi) is 8.36. The molecule has 3 heterocycles. The van der Waals surface area contributed by atoms with Crippen molar-refractivity contribution in [2.24, 2.45) is 11.0 Å². The number of fused-ring (bicyclic) bond motifs is 1. The Hall–Kier alpha value is -3.14. The SMILES string of the molecule is CC(C)C[C@H](NC(=O)c1ccc(N2CCN(C(C)C)CC2)cc1)C(=O)N1C[C@@H](N=[N+]=[N-])[C@H]2OCC(=O)[C@H]21. The van der Waals surface area contributed by atoms with Gasteiger partial charge in [0.25, 0.3) is 5.91 Å². The van der Waals surface area contributed by atoms with Gasteiger partial charge in [0.1, 0.15) is 18.7 Å². The molecule has 200 valence electrons. The summed E-state index contributed by atoms with van der Waals surface area (Å²) in [6.45, 7) is 12.2. The van der Waals surface area contributed by atoms with E-state index in [9.17, 15) is 14.4 Å². The number of carbonyl (C=O) groups excluding carboxylic acids is 3. The minimum atomic E-state index is -0.810. The van der Waals surface area contributed by atoms with E-state index in [1.807, 2.05) is 26.0 Å². The van der Waals surface area contributed by atoms with Gasteiger partial charge in [-0.25, -0.2) is 0 Å². The fourth-order valence-corrected chi connectivity index (χ4v) is 5.48. The van der Waals surface area contributed by atoms with Crippen LogP contribution in [0.15, 0.2) is 29.4 Å². The van der Waals surface area contributed by atoms with Crippen LogP contribution in [-0.4, -0.2) is 97.0 Å². The van der Waals surface area contributed by atoms with Crippen molar-refractivity contribution in [1.82, 2.24) is 15.1 Å². The number of anilines is 1. The van der Waals surface area contributed by atoms with Crippen LogP contribution in [0.5, 0.6) is 0 Å². The summed E-state index contributed by atoms with van der Waals surface area (Å²) in [7, 11) is 0. The second kappa shape index (κ2) is 11.5. The summed E-state index contributed by atoms with van der Waals surface area (Å²) >= 11 is 0. The van der Waals surface area contributed by atoms with Crippen LogP contribution in [0.1, 0.15) is 44.5 Å². The largest absolute Gasteiger partial charge is 0.369 e. The van der Waals surface area contributed by atoms with Crippen LogP contribution in [-0.2, 0) is 14.3 Å². The van der Waals surface area contributed by atoms with Gasteiger partial charge in [-0.3, -0.25) is 19.3 Å². The van der Waals surface area contributed by atoms with Crippen molar-refractivity contribution in [2.75, 3.05) is 44.2 Å². The minimum absolute atomic E-state index is 0.0905. The van der Waals surface area contributed by atoms with Crippen molar-refractivity contribution in [3.05, 3.63) is 40.3 Å². The highest BCUT2D eigenvalue weighted by atomic mass is 16.5. The molecule has 4 atom stereocenters. The van der Waals surface area contributed by atoms with Gasteiger partial charge >= 0.3 is 0 Å². The van der Waals surface area contributed by atoms with Crippen LogP contribution in [0.25, 0.3) is 10.4 Å². The molecule has 0 bridgehead atoms. The molecule has 0 radical (unpaired) electrons. The molecule has 4 rings (SSSR count). The Bertz CT molecular complexity index is 1050. The Morgan fingerprint density at radius 1 is 1.14 bits per heavy atom. The van der Waals surface area contributed by atoms with Gasteiger partial charge in [-0.05, 0) is 56.0 Å². The molecule has 3 aliphatic heterocycles. The van der Waals surface area contributed by atoms with E-state index in [2.05, 4.69) is 39.0 Å². The van der Waals surface area contributed by atoms with Crippen molar-refractivity contribution < 1.29 is 19.1 Å². The molecule has 1 N–H and O–H groups in total. The van der Waals surface area contributed by atoms with Crippen LogP contribution < -0.4 is 10.2 Å². The Morgan fingerprint density at radius 2 is 1.81 bits per heavy atom. The first kappa shape index (κ1) is 26.9. The molecule has 0 spiro atoms. The topological polar surface area (TPSA) is 131 Å². The van der Waals surface area contributed by atoms with E-state index in [-0.39, 0.29) is 36.7 Å². The van der Waals surface area contributed by atoms with Crippen molar-refractivity contribution in [3.63, 3.8) is 0 Å². The van der Waals surface area contributed by atoms with Gasteiger partial charge in [-0.2, -0.15) is 0 Å². The number of piperazine rings is 1. The fourth-order valence-electron chi connectivity index (χ4n) is 5.48. The quantitative estimate of drug-likeness (QED) is 0.323. The number of ether oxygens (including phenoxy) is 1. The van der Waals surface area contributed by atoms with Gasteiger partial charge in [-0.15, -0.1) is 0 Å². The van der Waals surface area contributed by atoms with Gasteiger partial charge in [-0.1, -0.05) is 19.0 Å². The number of nitrogens with one attached hydrogen (secondary N) is 1. The highest BCUT2D eigenvalue weighted by Crippen LogP contribution is 2.30. The summed E-state index contributed by atoms with van der Waals surface area (Å²) in [6, 6.07) is 5.77. The highest BCUT2D eigenvalue weighted by molar-refractivity contribution is 5.99. The van der Waals surface area contributed by atoms with Gasteiger partial charge in [0.05, 0.1) is 12.1 Å². The third-order valence-electron chi connectivity index (χ3n) is 7.49. The maximum atomic E-state index is 13.6. The monoisotopic (exact) mass is 511 g/mol.